The lowest BCUT2D eigenvalue weighted by Crippen LogP contribution is -2.28. The highest BCUT2D eigenvalue weighted by atomic mass is 32.2. The van der Waals surface area contributed by atoms with Crippen LogP contribution in [-0.2, 0) is 10.0 Å². The standard InChI is InChI=1S/C29H23FN2O3S/c1-20-12-18-24(19-13-20)36(33,34)32(2)28(22-14-16-23(30)17-15-22)29-31-27(21-8-4-3-5-9-21)25-10-6-7-11-26(25)35-29/h3-19H,1-2H3/b29-28+. The number of aliphatic imine (C=N–C) groups is 1. The Labute approximate surface area is 209 Å². The largest absolute Gasteiger partial charge is 0.436 e. The fraction of sp³-hybridized carbons (Fsp3) is 0.0690. The highest BCUT2D eigenvalue weighted by Crippen LogP contribution is 2.35. The van der Waals surface area contributed by atoms with Crippen molar-refractivity contribution in [3.8, 4) is 5.75 Å². The van der Waals surface area contributed by atoms with Gasteiger partial charge >= 0.3 is 0 Å². The third-order valence-electron chi connectivity index (χ3n) is 5.92. The molecule has 5 rings (SSSR count). The Morgan fingerprint density at radius 2 is 1.47 bits per heavy atom. The summed E-state index contributed by atoms with van der Waals surface area (Å²) in [6.45, 7) is 1.89. The molecule has 1 aliphatic heterocycles. The van der Waals surface area contributed by atoms with Crippen molar-refractivity contribution in [3.05, 3.63) is 137 Å². The van der Waals surface area contributed by atoms with Crippen LogP contribution in [0.2, 0.25) is 0 Å². The molecule has 0 N–H and O–H groups in total. The Morgan fingerprint density at radius 1 is 0.833 bits per heavy atom. The molecule has 0 saturated carbocycles. The normalized spacial score (nSPS) is 14.4. The van der Waals surface area contributed by atoms with Crippen molar-refractivity contribution in [1.29, 1.82) is 0 Å². The number of aryl methyl sites for hydroxylation is 1. The van der Waals surface area contributed by atoms with Crippen molar-refractivity contribution in [3.63, 3.8) is 0 Å². The first-order valence-corrected chi connectivity index (χ1v) is 12.8. The number of rotatable bonds is 5. The Hall–Kier alpha value is -4.23. The molecule has 180 valence electrons. The fourth-order valence-electron chi connectivity index (χ4n) is 3.99. The molecule has 0 unspecified atom stereocenters. The number of hydrogen-bond donors (Lipinski definition) is 0. The van der Waals surface area contributed by atoms with E-state index in [0.29, 0.717) is 17.0 Å². The fourth-order valence-corrected chi connectivity index (χ4v) is 5.21. The quantitative estimate of drug-likeness (QED) is 0.339. The summed E-state index contributed by atoms with van der Waals surface area (Å²) in [7, 11) is -2.54. The Bertz CT molecular complexity index is 1580. The summed E-state index contributed by atoms with van der Waals surface area (Å²) in [6.07, 6.45) is 0. The molecular formula is C29H23FN2O3S. The predicted octanol–water partition coefficient (Wildman–Crippen LogP) is 6.01. The highest BCUT2D eigenvalue weighted by molar-refractivity contribution is 7.89. The Balaban J connectivity index is 1.75. The maximum absolute atomic E-state index is 13.8. The van der Waals surface area contributed by atoms with E-state index in [9.17, 15) is 12.8 Å². The van der Waals surface area contributed by atoms with Gasteiger partial charge in [0, 0.05) is 23.7 Å². The number of sulfonamides is 1. The van der Waals surface area contributed by atoms with Gasteiger partial charge in [-0.3, -0.25) is 4.31 Å². The van der Waals surface area contributed by atoms with E-state index in [1.165, 1.54) is 31.3 Å². The molecule has 0 amide bonds. The zero-order valence-electron chi connectivity index (χ0n) is 19.7. The molecule has 0 aromatic heterocycles. The van der Waals surface area contributed by atoms with Crippen molar-refractivity contribution < 1.29 is 17.5 Å². The molecule has 0 aliphatic carbocycles. The second kappa shape index (κ2) is 9.43. The van der Waals surface area contributed by atoms with Gasteiger partial charge in [-0.05, 0) is 55.5 Å². The maximum Gasteiger partial charge on any atom is 0.264 e. The first-order chi connectivity index (χ1) is 17.3. The number of hydrogen-bond acceptors (Lipinski definition) is 4. The van der Waals surface area contributed by atoms with Crippen LogP contribution in [0.4, 0.5) is 4.39 Å². The van der Waals surface area contributed by atoms with E-state index in [-0.39, 0.29) is 16.5 Å². The number of para-hydroxylation sites is 1. The molecule has 4 aromatic carbocycles. The molecule has 0 atom stereocenters. The zero-order valence-corrected chi connectivity index (χ0v) is 20.5. The Kier molecular flexibility index (Phi) is 6.16. The first-order valence-electron chi connectivity index (χ1n) is 11.3. The van der Waals surface area contributed by atoms with Gasteiger partial charge in [-0.2, -0.15) is 0 Å². The van der Waals surface area contributed by atoms with Crippen molar-refractivity contribution in [2.24, 2.45) is 4.99 Å². The Morgan fingerprint density at radius 3 is 2.17 bits per heavy atom. The number of nitrogens with zero attached hydrogens (tertiary/aromatic N) is 2. The molecule has 0 spiro atoms. The topological polar surface area (TPSA) is 59.0 Å². The summed E-state index contributed by atoms with van der Waals surface area (Å²) >= 11 is 0. The predicted molar refractivity (Wildman–Crippen MR) is 139 cm³/mol. The summed E-state index contributed by atoms with van der Waals surface area (Å²) in [5, 5.41) is 0. The van der Waals surface area contributed by atoms with E-state index in [0.717, 1.165) is 21.0 Å². The lowest BCUT2D eigenvalue weighted by Gasteiger charge is -2.27. The molecule has 0 radical (unpaired) electrons. The van der Waals surface area contributed by atoms with Gasteiger partial charge in [-0.15, -0.1) is 0 Å². The van der Waals surface area contributed by atoms with Crippen LogP contribution in [0.3, 0.4) is 0 Å². The summed E-state index contributed by atoms with van der Waals surface area (Å²) in [5.74, 6) is 0.204. The van der Waals surface area contributed by atoms with E-state index in [1.54, 1.807) is 24.3 Å². The molecular weight excluding hydrogens is 475 g/mol. The lowest BCUT2D eigenvalue weighted by molar-refractivity contribution is 0.408. The minimum absolute atomic E-state index is 0.0948. The average Bonchev–Trinajstić information content (AvgIpc) is 2.90. The summed E-state index contributed by atoms with van der Waals surface area (Å²) in [5.41, 5.74) is 3.87. The monoisotopic (exact) mass is 498 g/mol. The van der Waals surface area contributed by atoms with Crippen LogP contribution in [-0.4, -0.2) is 25.5 Å². The van der Waals surface area contributed by atoms with E-state index in [2.05, 4.69) is 0 Å². The van der Waals surface area contributed by atoms with Gasteiger partial charge in [0.25, 0.3) is 10.0 Å². The van der Waals surface area contributed by atoms with Gasteiger partial charge in [0.2, 0.25) is 5.88 Å². The van der Waals surface area contributed by atoms with Crippen LogP contribution in [0.25, 0.3) is 5.70 Å². The first kappa shape index (κ1) is 23.5. The van der Waals surface area contributed by atoms with Crippen LogP contribution >= 0.6 is 0 Å². The van der Waals surface area contributed by atoms with Gasteiger partial charge < -0.3 is 4.74 Å². The van der Waals surface area contributed by atoms with Crippen LogP contribution in [0, 0.1) is 12.7 Å². The second-order valence-corrected chi connectivity index (χ2v) is 10.3. The van der Waals surface area contributed by atoms with Crippen LogP contribution in [0.5, 0.6) is 5.75 Å². The van der Waals surface area contributed by atoms with Gasteiger partial charge in [0.1, 0.15) is 17.3 Å². The smallest absolute Gasteiger partial charge is 0.264 e. The number of halogens is 1. The van der Waals surface area contributed by atoms with E-state index >= 15 is 0 Å². The molecule has 1 heterocycles. The maximum atomic E-state index is 13.8. The van der Waals surface area contributed by atoms with E-state index in [1.807, 2.05) is 61.5 Å². The van der Waals surface area contributed by atoms with Gasteiger partial charge in [0.05, 0.1) is 10.6 Å². The molecule has 36 heavy (non-hydrogen) atoms. The van der Waals surface area contributed by atoms with Gasteiger partial charge in [0.15, 0.2) is 0 Å². The zero-order chi connectivity index (χ0) is 25.3. The van der Waals surface area contributed by atoms with Crippen molar-refractivity contribution in [1.82, 2.24) is 4.31 Å². The van der Waals surface area contributed by atoms with Crippen LogP contribution in [0.15, 0.2) is 119 Å². The van der Waals surface area contributed by atoms with E-state index < -0.39 is 15.8 Å². The molecule has 0 fully saturated rings. The molecule has 7 heteroatoms. The second-order valence-electron chi connectivity index (χ2n) is 8.37. The van der Waals surface area contributed by atoms with Crippen molar-refractivity contribution in [2.75, 3.05) is 7.05 Å². The van der Waals surface area contributed by atoms with E-state index in [4.69, 9.17) is 9.73 Å². The van der Waals surface area contributed by atoms with Crippen LogP contribution in [0.1, 0.15) is 22.3 Å². The molecule has 0 saturated heterocycles. The third kappa shape index (κ3) is 4.41. The third-order valence-corrected chi connectivity index (χ3v) is 7.70. The molecule has 0 bridgehead atoms. The number of benzene rings is 4. The molecule has 4 aromatic rings. The molecule has 1 aliphatic rings. The van der Waals surface area contributed by atoms with Crippen molar-refractivity contribution in [2.45, 2.75) is 11.8 Å². The average molecular weight is 499 g/mol. The summed E-state index contributed by atoms with van der Waals surface area (Å²) in [6, 6.07) is 29.2. The minimum atomic E-state index is -3.99. The van der Waals surface area contributed by atoms with Gasteiger partial charge in [-0.25, -0.2) is 17.8 Å². The van der Waals surface area contributed by atoms with Crippen molar-refractivity contribution >= 4 is 21.4 Å². The van der Waals surface area contributed by atoms with Crippen LogP contribution < -0.4 is 4.74 Å². The minimum Gasteiger partial charge on any atom is -0.436 e. The SMILES string of the molecule is Cc1ccc(S(=O)(=O)N(C)/C(=C2\N=C(c3ccccc3)c3ccccc3O2)c2ccc(F)cc2)cc1. The van der Waals surface area contributed by atoms with Gasteiger partial charge in [-0.1, -0.05) is 60.2 Å². The molecule has 5 nitrogen and oxygen atoms in total. The highest BCUT2D eigenvalue weighted by Gasteiger charge is 2.30. The number of ether oxygens (including phenoxy) is 1. The summed E-state index contributed by atoms with van der Waals surface area (Å²) in [4.78, 5) is 4.93. The lowest BCUT2D eigenvalue weighted by atomic mass is 10.0. The number of fused-ring (bicyclic) bond motifs is 1. The summed E-state index contributed by atoms with van der Waals surface area (Å²) < 4.78 is 48.5.